The molecule has 0 bridgehead atoms. The zero-order chi connectivity index (χ0) is 19.0. The fourth-order valence-electron chi connectivity index (χ4n) is 3.66. The molecule has 28 heavy (non-hydrogen) atoms. The van der Waals surface area contributed by atoms with E-state index < -0.39 is 5.72 Å². The summed E-state index contributed by atoms with van der Waals surface area (Å²) in [6.45, 7) is 1.20. The molecule has 0 amide bonds. The molecule has 0 aromatic heterocycles. The first-order chi connectivity index (χ1) is 13.1. The highest BCUT2D eigenvalue weighted by molar-refractivity contribution is 8.13. The van der Waals surface area contributed by atoms with Crippen LogP contribution in [0.4, 0.5) is 5.69 Å². The monoisotopic (exact) mass is 484 g/mol. The van der Waals surface area contributed by atoms with Gasteiger partial charge in [0.25, 0.3) is 5.72 Å². The van der Waals surface area contributed by atoms with Crippen LogP contribution in [0.2, 0.25) is 5.02 Å². The van der Waals surface area contributed by atoms with Crippen LogP contribution in [0.5, 0.6) is 11.5 Å². The Bertz CT molecular complexity index is 894. The van der Waals surface area contributed by atoms with Gasteiger partial charge in [-0.2, -0.15) is 0 Å². The number of amidine groups is 1. The number of anilines is 1. The number of ether oxygens (including phenoxy) is 2. The van der Waals surface area contributed by atoms with E-state index >= 15 is 0 Å². The van der Waals surface area contributed by atoms with Crippen LogP contribution in [0.3, 0.4) is 0 Å². The number of thioether (sulfide) groups is 1. The first-order valence-corrected chi connectivity index (χ1v) is 10.2. The highest BCUT2D eigenvalue weighted by Gasteiger charge is 2.53. The number of halogens is 2. The predicted octanol–water partition coefficient (Wildman–Crippen LogP) is 0.532. The molecular weight excluding hydrogens is 464 g/mol. The Morgan fingerprint density at radius 3 is 2.57 bits per heavy atom. The molecule has 0 saturated carbocycles. The predicted molar refractivity (Wildman–Crippen MR) is 109 cm³/mol. The van der Waals surface area contributed by atoms with Gasteiger partial charge in [0.1, 0.15) is 5.75 Å². The van der Waals surface area contributed by atoms with Crippen molar-refractivity contribution in [1.82, 2.24) is 0 Å². The van der Waals surface area contributed by atoms with Gasteiger partial charge >= 0.3 is 5.17 Å². The van der Waals surface area contributed by atoms with E-state index in [4.69, 9.17) is 21.1 Å². The van der Waals surface area contributed by atoms with Crippen LogP contribution in [-0.4, -0.2) is 47.9 Å². The van der Waals surface area contributed by atoms with Gasteiger partial charge in [-0.25, -0.2) is 9.48 Å². The van der Waals surface area contributed by atoms with E-state index in [1.807, 2.05) is 42.5 Å². The number of nitrogens with zero attached hydrogens (tertiary/aromatic N) is 2. The average molecular weight is 486 g/mol. The van der Waals surface area contributed by atoms with Gasteiger partial charge in [0.2, 0.25) is 0 Å². The first kappa shape index (κ1) is 21.3. The number of benzene rings is 2. The van der Waals surface area contributed by atoms with Crippen LogP contribution in [0.15, 0.2) is 42.5 Å². The summed E-state index contributed by atoms with van der Waals surface area (Å²) in [5.41, 5.74) is 0.592. The summed E-state index contributed by atoms with van der Waals surface area (Å²) in [6, 6.07) is 13.1. The Balaban J connectivity index is 0.00000225. The number of β-amino-alcohol motifs (C(OH)–C–C–N with tert-alkyl or cyclic N) is 1. The van der Waals surface area contributed by atoms with E-state index in [0.29, 0.717) is 11.6 Å². The molecule has 8 heteroatoms. The van der Waals surface area contributed by atoms with Crippen LogP contribution < -0.4 is 31.4 Å². The van der Waals surface area contributed by atoms with Crippen molar-refractivity contribution >= 4 is 34.2 Å². The molecular formula is C20H22BrClN2O3S. The van der Waals surface area contributed by atoms with Crippen LogP contribution in [-0.2, 0) is 5.72 Å². The molecule has 4 rings (SSSR count). The first-order valence-electron chi connectivity index (χ1n) is 8.82. The van der Waals surface area contributed by atoms with Gasteiger partial charge in [0.15, 0.2) is 18.0 Å². The van der Waals surface area contributed by atoms with Crippen molar-refractivity contribution in [3.05, 3.63) is 53.1 Å². The van der Waals surface area contributed by atoms with Crippen molar-refractivity contribution < 1.29 is 36.1 Å². The van der Waals surface area contributed by atoms with Gasteiger partial charge < -0.3 is 31.6 Å². The summed E-state index contributed by atoms with van der Waals surface area (Å²) in [6.07, 6.45) is 1.02. The fourth-order valence-corrected chi connectivity index (χ4v) is 4.96. The quantitative estimate of drug-likeness (QED) is 0.640. The second-order valence-corrected chi connectivity index (χ2v) is 8.08. The molecule has 2 aromatic rings. The van der Waals surface area contributed by atoms with Crippen molar-refractivity contribution in [3.8, 4) is 11.5 Å². The van der Waals surface area contributed by atoms with Crippen molar-refractivity contribution in [1.29, 1.82) is 0 Å². The highest BCUT2D eigenvalue weighted by atomic mass is 79.9. The summed E-state index contributed by atoms with van der Waals surface area (Å²) in [5.74, 6) is 2.51. The number of rotatable bonds is 4. The van der Waals surface area contributed by atoms with Crippen LogP contribution in [0.1, 0.15) is 12.0 Å². The standard InChI is InChI=1S/C20H22ClN2O3S.BrH/c1-25-16-8-9-18(26-2)17(12-16)22-13-20(24,14-4-6-15(21)7-5-14)23-10-3-11-27-19(22)23;/h4-9,12,24H,3,10-11,13H2,1-2H3;1H/q+1;/p-1. The maximum atomic E-state index is 11.7. The normalized spacial score (nSPS) is 21.2. The SMILES string of the molecule is COc1ccc(OC)c(N2CC(O)(c3ccc(Cl)cc3)[N+]3=C2SCCC3)c1.[Br-]. The molecule has 0 spiro atoms. The number of methoxy groups -OCH3 is 2. The van der Waals surface area contributed by atoms with E-state index in [-0.39, 0.29) is 17.0 Å². The smallest absolute Gasteiger partial charge is 0.316 e. The molecule has 5 nitrogen and oxygen atoms in total. The minimum absolute atomic E-state index is 0. The van der Waals surface area contributed by atoms with Crippen molar-refractivity contribution in [2.24, 2.45) is 0 Å². The number of aliphatic hydroxyl groups is 1. The highest BCUT2D eigenvalue weighted by Crippen LogP contribution is 2.42. The minimum atomic E-state index is -1.12. The molecule has 2 aliphatic heterocycles. The molecule has 1 N–H and O–H groups in total. The molecule has 0 radical (unpaired) electrons. The Morgan fingerprint density at radius 2 is 1.89 bits per heavy atom. The van der Waals surface area contributed by atoms with Crippen LogP contribution in [0, 0.1) is 0 Å². The van der Waals surface area contributed by atoms with E-state index in [1.54, 1.807) is 26.0 Å². The molecule has 0 saturated heterocycles. The molecule has 0 fully saturated rings. The van der Waals surface area contributed by atoms with Crippen molar-refractivity contribution in [2.45, 2.75) is 12.1 Å². The fraction of sp³-hybridized carbons (Fsp3) is 0.350. The van der Waals surface area contributed by atoms with Crippen molar-refractivity contribution in [3.63, 3.8) is 0 Å². The van der Waals surface area contributed by atoms with Crippen LogP contribution >= 0.6 is 23.4 Å². The third-order valence-electron chi connectivity index (χ3n) is 5.03. The maximum absolute atomic E-state index is 11.7. The topological polar surface area (TPSA) is 44.9 Å². The van der Waals surface area contributed by atoms with Crippen molar-refractivity contribution in [2.75, 3.05) is 38.0 Å². The second kappa shape index (κ2) is 8.53. The Hall–Kier alpha value is -1.41. The van der Waals surface area contributed by atoms with Crippen LogP contribution in [0.25, 0.3) is 0 Å². The summed E-state index contributed by atoms with van der Waals surface area (Å²) in [7, 11) is 3.30. The lowest BCUT2D eigenvalue weighted by atomic mass is 10.0. The van der Waals surface area contributed by atoms with Gasteiger partial charge in [-0.1, -0.05) is 23.7 Å². The summed E-state index contributed by atoms with van der Waals surface area (Å²) >= 11 is 7.81. The zero-order valence-corrected chi connectivity index (χ0v) is 18.9. The molecule has 1 atom stereocenters. The zero-order valence-electron chi connectivity index (χ0n) is 15.7. The van der Waals surface area contributed by atoms with Gasteiger partial charge in [-0.15, -0.1) is 0 Å². The molecule has 0 aliphatic carbocycles. The van der Waals surface area contributed by atoms with E-state index in [0.717, 1.165) is 46.6 Å². The molecule has 2 heterocycles. The van der Waals surface area contributed by atoms with E-state index in [2.05, 4.69) is 9.48 Å². The lowest BCUT2D eigenvalue weighted by Gasteiger charge is -2.24. The Kier molecular flexibility index (Phi) is 6.49. The summed E-state index contributed by atoms with van der Waals surface area (Å²) < 4.78 is 13.1. The van der Waals surface area contributed by atoms with E-state index in [1.165, 1.54) is 0 Å². The van der Waals surface area contributed by atoms with Gasteiger partial charge in [0, 0.05) is 22.4 Å². The lowest BCUT2D eigenvalue weighted by molar-refractivity contribution is -0.656. The second-order valence-electron chi connectivity index (χ2n) is 6.58. The Morgan fingerprint density at radius 1 is 1.14 bits per heavy atom. The van der Waals surface area contributed by atoms with E-state index in [9.17, 15) is 5.11 Å². The number of hydrogen-bond acceptors (Lipinski definition) is 5. The van der Waals surface area contributed by atoms with Gasteiger partial charge in [-0.3, -0.25) is 0 Å². The largest absolute Gasteiger partial charge is 1.00 e. The maximum Gasteiger partial charge on any atom is 0.316 e. The third-order valence-corrected chi connectivity index (χ3v) is 6.47. The van der Waals surface area contributed by atoms with Gasteiger partial charge in [-0.05, 0) is 42.4 Å². The van der Waals surface area contributed by atoms with Gasteiger partial charge in [0.05, 0.1) is 20.8 Å². The molecule has 2 aromatic carbocycles. The third kappa shape index (κ3) is 3.61. The number of hydrogen-bond donors (Lipinski definition) is 1. The molecule has 150 valence electrons. The molecule has 2 aliphatic rings. The summed E-state index contributed by atoms with van der Waals surface area (Å²) in [4.78, 5) is 2.12. The minimum Gasteiger partial charge on any atom is -1.00 e. The lowest BCUT2D eigenvalue weighted by Crippen LogP contribution is -3.00. The Labute approximate surface area is 184 Å². The average Bonchev–Trinajstić information content (AvgIpc) is 3.02. The molecule has 1 unspecified atom stereocenters. The summed E-state index contributed by atoms with van der Waals surface area (Å²) in [5, 5.41) is 13.4.